The zero-order chi connectivity index (χ0) is 18.3. The van der Waals surface area contributed by atoms with Crippen molar-refractivity contribution in [3.05, 3.63) is 46.9 Å². The molecule has 2 aliphatic rings. The molecule has 6 nitrogen and oxygen atoms in total. The number of fused-ring (bicyclic) bond motifs is 1. The summed E-state index contributed by atoms with van der Waals surface area (Å²) < 4.78 is 29.2. The summed E-state index contributed by atoms with van der Waals surface area (Å²) in [4.78, 5) is 25.7. The molecule has 0 unspecified atom stereocenters. The van der Waals surface area contributed by atoms with Crippen molar-refractivity contribution in [3.63, 3.8) is 0 Å². The molecule has 1 fully saturated rings. The van der Waals surface area contributed by atoms with Gasteiger partial charge in [0.2, 0.25) is 0 Å². The van der Waals surface area contributed by atoms with Crippen LogP contribution in [-0.2, 0) is 13.1 Å². The maximum atomic E-state index is 12.8. The minimum Gasteiger partial charge on any atom is -0.435 e. The average molecular weight is 360 g/mol. The average Bonchev–Trinajstić information content (AvgIpc) is 2.96. The first-order valence-electron chi connectivity index (χ1n) is 8.47. The first kappa shape index (κ1) is 16.7. The summed E-state index contributed by atoms with van der Waals surface area (Å²) in [6, 6.07) is 5.86. The number of anilines is 1. The largest absolute Gasteiger partial charge is 0.435 e. The second kappa shape index (κ2) is 6.51. The van der Waals surface area contributed by atoms with Gasteiger partial charge in [0, 0.05) is 24.2 Å². The molecule has 0 aliphatic carbocycles. The van der Waals surface area contributed by atoms with Crippen molar-refractivity contribution < 1.29 is 18.3 Å². The minimum atomic E-state index is -2.92. The first-order valence-corrected chi connectivity index (χ1v) is 8.47. The smallest absolute Gasteiger partial charge is 0.387 e. The van der Waals surface area contributed by atoms with Crippen molar-refractivity contribution >= 4 is 11.7 Å². The summed E-state index contributed by atoms with van der Waals surface area (Å²) in [5.41, 5.74) is 2.14. The van der Waals surface area contributed by atoms with E-state index in [1.165, 1.54) is 18.2 Å². The van der Waals surface area contributed by atoms with Crippen molar-refractivity contribution in [2.75, 3.05) is 18.0 Å². The lowest BCUT2D eigenvalue weighted by Crippen LogP contribution is -2.38. The highest BCUT2D eigenvalue weighted by molar-refractivity contribution is 5.95. The number of alkyl halides is 2. The molecule has 2 aromatic rings. The number of hydrogen-bond acceptors (Lipinski definition) is 5. The number of carbonyl (C=O) groups is 1. The fraction of sp³-hybridized carbons (Fsp3) is 0.389. The van der Waals surface area contributed by atoms with Crippen LogP contribution in [0.2, 0.25) is 0 Å². The summed E-state index contributed by atoms with van der Waals surface area (Å²) in [5, 5.41) is 0. The van der Waals surface area contributed by atoms with Crippen molar-refractivity contribution in [3.8, 4) is 5.75 Å². The first-order chi connectivity index (χ1) is 12.5. The molecular formula is C18H18F2N4O2. The molecule has 1 aromatic heterocycles. The van der Waals surface area contributed by atoms with Crippen LogP contribution in [-0.4, -0.2) is 40.5 Å². The Hall–Kier alpha value is -2.77. The number of aryl methyl sites for hydroxylation is 1. The van der Waals surface area contributed by atoms with Crippen LogP contribution < -0.4 is 9.64 Å². The minimum absolute atomic E-state index is 0.0283. The lowest BCUT2D eigenvalue weighted by atomic mass is 10.1. The van der Waals surface area contributed by atoms with Gasteiger partial charge in [0.25, 0.3) is 5.91 Å². The molecule has 26 heavy (non-hydrogen) atoms. The summed E-state index contributed by atoms with van der Waals surface area (Å²) in [6.45, 7) is 1.65. The van der Waals surface area contributed by atoms with Gasteiger partial charge in [-0.15, -0.1) is 0 Å². The topological polar surface area (TPSA) is 58.6 Å². The van der Waals surface area contributed by atoms with E-state index in [-0.39, 0.29) is 11.7 Å². The molecule has 0 spiro atoms. The number of rotatable bonds is 4. The van der Waals surface area contributed by atoms with Crippen molar-refractivity contribution in [2.24, 2.45) is 0 Å². The van der Waals surface area contributed by atoms with E-state index < -0.39 is 6.61 Å². The molecule has 1 saturated heterocycles. The van der Waals surface area contributed by atoms with Crippen LogP contribution in [0.25, 0.3) is 0 Å². The van der Waals surface area contributed by atoms with Crippen LogP contribution in [0.5, 0.6) is 5.75 Å². The van der Waals surface area contributed by atoms with Crippen molar-refractivity contribution in [1.29, 1.82) is 0 Å². The number of nitrogens with zero attached hydrogens (tertiary/aromatic N) is 4. The number of aromatic nitrogens is 2. The van der Waals surface area contributed by atoms with E-state index in [1.54, 1.807) is 11.0 Å². The van der Waals surface area contributed by atoms with E-state index in [2.05, 4.69) is 19.6 Å². The van der Waals surface area contributed by atoms with Gasteiger partial charge in [0.15, 0.2) is 0 Å². The molecule has 0 radical (unpaired) electrons. The van der Waals surface area contributed by atoms with E-state index >= 15 is 0 Å². The van der Waals surface area contributed by atoms with Gasteiger partial charge in [-0.2, -0.15) is 8.78 Å². The Kier molecular flexibility index (Phi) is 4.18. The Morgan fingerprint density at radius 1 is 1.23 bits per heavy atom. The number of benzene rings is 1. The summed E-state index contributed by atoms with van der Waals surface area (Å²) >= 11 is 0. The Morgan fingerprint density at radius 2 is 2.04 bits per heavy atom. The molecule has 2 aliphatic heterocycles. The highest BCUT2D eigenvalue weighted by Gasteiger charge is 2.31. The zero-order valence-corrected chi connectivity index (χ0v) is 14.3. The monoisotopic (exact) mass is 360 g/mol. The van der Waals surface area contributed by atoms with Crippen molar-refractivity contribution in [2.45, 2.75) is 33.0 Å². The highest BCUT2D eigenvalue weighted by atomic mass is 19.3. The van der Waals surface area contributed by atoms with E-state index in [0.717, 1.165) is 36.6 Å². The molecule has 3 heterocycles. The Morgan fingerprint density at radius 3 is 2.73 bits per heavy atom. The van der Waals surface area contributed by atoms with Crippen LogP contribution in [0, 0.1) is 6.92 Å². The standard InChI is InChI=1S/C18H18F2N4O2/c1-11-21-15-10-24(9-14(15)16(22-11)23-6-3-7-23)17(25)12-4-2-5-13(8-12)26-18(19)20/h2,4-5,8,18H,3,6-7,9-10H2,1H3. The van der Waals surface area contributed by atoms with Gasteiger partial charge in [-0.1, -0.05) is 6.07 Å². The van der Waals surface area contributed by atoms with Gasteiger partial charge < -0.3 is 14.5 Å². The third kappa shape index (κ3) is 3.07. The molecule has 0 atom stereocenters. The fourth-order valence-electron chi connectivity index (χ4n) is 3.28. The molecule has 8 heteroatoms. The third-order valence-corrected chi connectivity index (χ3v) is 4.62. The fourth-order valence-corrected chi connectivity index (χ4v) is 3.28. The molecule has 136 valence electrons. The second-order valence-electron chi connectivity index (χ2n) is 6.43. The summed E-state index contributed by atoms with van der Waals surface area (Å²) in [5.74, 6) is 1.32. The normalized spacial score (nSPS) is 15.8. The Labute approximate surface area is 149 Å². The number of carbonyl (C=O) groups excluding carboxylic acids is 1. The maximum absolute atomic E-state index is 12.8. The molecule has 1 aromatic carbocycles. The predicted octanol–water partition coefficient (Wildman–Crippen LogP) is 2.75. The lowest BCUT2D eigenvalue weighted by Gasteiger charge is -2.33. The van der Waals surface area contributed by atoms with Gasteiger partial charge in [-0.3, -0.25) is 4.79 Å². The molecule has 0 bridgehead atoms. The van der Waals surface area contributed by atoms with Gasteiger partial charge in [0.1, 0.15) is 17.4 Å². The number of hydrogen-bond donors (Lipinski definition) is 0. The summed E-state index contributed by atoms with van der Waals surface area (Å²) in [6.07, 6.45) is 1.14. The molecular weight excluding hydrogens is 342 g/mol. The van der Waals surface area contributed by atoms with Gasteiger partial charge in [-0.05, 0) is 31.5 Å². The lowest BCUT2D eigenvalue weighted by molar-refractivity contribution is -0.0499. The van der Waals surface area contributed by atoms with Gasteiger partial charge in [-0.25, -0.2) is 9.97 Å². The molecule has 0 saturated carbocycles. The van der Waals surface area contributed by atoms with Crippen LogP contribution in [0.15, 0.2) is 24.3 Å². The van der Waals surface area contributed by atoms with E-state index in [1.807, 2.05) is 6.92 Å². The predicted molar refractivity (Wildman–Crippen MR) is 90.3 cm³/mol. The van der Waals surface area contributed by atoms with E-state index in [9.17, 15) is 13.6 Å². The highest BCUT2D eigenvalue weighted by Crippen LogP contribution is 2.32. The van der Waals surface area contributed by atoms with Crippen molar-refractivity contribution in [1.82, 2.24) is 14.9 Å². The zero-order valence-electron chi connectivity index (χ0n) is 14.3. The number of halogens is 2. The number of ether oxygens (including phenoxy) is 1. The Balaban J connectivity index is 1.57. The van der Waals surface area contributed by atoms with Crippen LogP contribution in [0.1, 0.15) is 33.9 Å². The SMILES string of the molecule is Cc1nc2c(c(N3CCC3)n1)CN(C(=O)c1cccc(OC(F)F)c1)C2. The van der Waals surface area contributed by atoms with E-state index in [0.29, 0.717) is 24.5 Å². The summed E-state index contributed by atoms with van der Waals surface area (Å²) in [7, 11) is 0. The van der Waals surface area contributed by atoms with Crippen LogP contribution >= 0.6 is 0 Å². The van der Waals surface area contributed by atoms with Crippen LogP contribution in [0.3, 0.4) is 0 Å². The quantitative estimate of drug-likeness (QED) is 0.839. The third-order valence-electron chi connectivity index (χ3n) is 4.62. The Bertz CT molecular complexity index is 855. The maximum Gasteiger partial charge on any atom is 0.387 e. The molecule has 0 N–H and O–H groups in total. The van der Waals surface area contributed by atoms with E-state index in [4.69, 9.17) is 0 Å². The molecule has 1 amide bonds. The molecule has 4 rings (SSSR count). The second-order valence-corrected chi connectivity index (χ2v) is 6.43. The van der Waals surface area contributed by atoms with Gasteiger partial charge >= 0.3 is 6.61 Å². The van der Waals surface area contributed by atoms with Crippen LogP contribution in [0.4, 0.5) is 14.6 Å². The number of amides is 1. The van der Waals surface area contributed by atoms with Gasteiger partial charge in [0.05, 0.1) is 18.8 Å².